The fraction of sp³-hybridized carbons (Fsp3) is 0. The molecule has 1 heteroatoms. The van der Waals surface area contributed by atoms with E-state index in [1.54, 1.807) is 0 Å². The molecule has 11 aromatic rings. The third-order valence-corrected chi connectivity index (χ3v) is 10.3. The van der Waals surface area contributed by atoms with E-state index in [9.17, 15) is 0 Å². The molecule has 0 fully saturated rings. The average molecular weight is 595 g/mol. The molecule has 0 aliphatic heterocycles. The molecule has 11 rings (SSSR count). The number of benzene rings is 10. The Balaban J connectivity index is 1.31. The normalized spacial score (nSPS) is 12.3. The first-order valence-corrected chi connectivity index (χ1v) is 16.3. The lowest BCUT2D eigenvalue weighted by atomic mass is 9.87. The molecule has 1 heterocycles. The predicted octanol–water partition coefficient (Wildman–Crippen LogP) is 13.3. The summed E-state index contributed by atoms with van der Waals surface area (Å²) >= 11 is 0. The minimum Gasteiger partial charge on any atom is -0.455 e. The fourth-order valence-electron chi connectivity index (χ4n) is 8.18. The highest BCUT2D eigenvalue weighted by molar-refractivity contribution is 6.27. The van der Waals surface area contributed by atoms with Crippen LogP contribution in [0.4, 0.5) is 0 Å². The van der Waals surface area contributed by atoms with Gasteiger partial charge in [0.15, 0.2) is 0 Å². The summed E-state index contributed by atoms with van der Waals surface area (Å²) in [6.45, 7) is 0. The van der Waals surface area contributed by atoms with Gasteiger partial charge >= 0.3 is 0 Å². The Morgan fingerprint density at radius 3 is 1.77 bits per heavy atom. The maximum Gasteiger partial charge on any atom is 0.143 e. The van der Waals surface area contributed by atoms with Crippen LogP contribution in [0.1, 0.15) is 0 Å². The van der Waals surface area contributed by atoms with Gasteiger partial charge in [0.05, 0.1) is 0 Å². The third-order valence-electron chi connectivity index (χ3n) is 10.3. The van der Waals surface area contributed by atoms with E-state index in [1.807, 2.05) is 0 Å². The predicted molar refractivity (Wildman–Crippen MR) is 201 cm³/mol. The molecule has 0 aliphatic carbocycles. The molecule has 1 aromatic heterocycles. The van der Waals surface area contributed by atoms with E-state index < -0.39 is 0 Å². The van der Waals surface area contributed by atoms with Crippen LogP contribution in [-0.4, -0.2) is 0 Å². The Morgan fingerprint density at radius 1 is 0.298 bits per heavy atom. The first kappa shape index (κ1) is 25.1. The van der Waals surface area contributed by atoms with Crippen molar-refractivity contribution in [2.24, 2.45) is 0 Å². The first-order chi connectivity index (χ1) is 23.3. The van der Waals surface area contributed by atoms with Crippen molar-refractivity contribution < 1.29 is 4.42 Å². The summed E-state index contributed by atoms with van der Waals surface area (Å²) < 4.78 is 6.89. The Labute approximate surface area is 270 Å². The van der Waals surface area contributed by atoms with Crippen LogP contribution in [-0.2, 0) is 0 Å². The zero-order valence-electron chi connectivity index (χ0n) is 25.4. The highest BCUT2D eigenvalue weighted by Gasteiger charge is 2.20. The van der Waals surface area contributed by atoms with Crippen molar-refractivity contribution in [3.63, 3.8) is 0 Å². The van der Waals surface area contributed by atoms with E-state index in [1.165, 1.54) is 81.3 Å². The molecule has 10 aromatic carbocycles. The Morgan fingerprint density at radius 2 is 0.936 bits per heavy atom. The Bertz CT molecular complexity index is 3050. The second kappa shape index (κ2) is 9.19. The molecule has 0 saturated carbocycles. The Hall–Kier alpha value is -6.18. The van der Waals surface area contributed by atoms with Gasteiger partial charge < -0.3 is 4.42 Å². The molecule has 0 bridgehead atoms. The molecule has 0 saturated heterocycles. The highest BCUT2D eigenvalue weighted by atomic mass is 16.3. The summed E-state index contributed by atoms with van der Waals surface area (Å²) in [7, 11) is 0. The van der Waals surface area contributed by atoms with Crippen LogP contribution >= 0.6 is 0 Å². The van der Waals surface area contributed by atoms with Crippen LogP contribution < -0.4 is 0 Å². The van der Waals surface area contributed by atoms with Crippen LogP contribution in [0.2, 0.25) is 0 Å². The molecule has 1 nitrogen and oxygen atoms in total. The smallest absolute Gasteiger partial charge is 0.143 e. The van der Waals surface area contributed by atoms with Gasteiger partial charge in [-0.2, -0.15) is 0 Å². The number of rotatable bonds is 2. The standard InChI is InChI=1S/C46H26O/c1-2-9-31-26-43-40(22-30(31)8-1)42-25-33(39-23-32-10-3-4-13-34(32)35-14-5-6-15-36(35)39)24-41(46(42)47-43)37-20-18-29-17-16-27-11-7-12-28-19-21-38(37)45(29)44(27)28/h1-26H. The second-order valence-corrected chi connectivity index (χ2v) is 12.9. The van der Waals surface area contributed by atoms with Gasteiger partial charge in [0, 0.05) is 16.3 Å². The molecule has 47 heavy (non-hydrogen) atoms. The summed E-state index contributed by atoms with van der Waals surface area (Å²) in [4.78, 5) is 0. The summed E-state index contributed by atoms with van der Waals surface area (Å²) in [5, 5.41) is 17.4. The van der Waals surface area contributed by atoms with Crippen molar-refractivity contribution in [3.05, 3.63) is 158 Å². The molecular weight excluding hydrogens is 569 g/mol. The molecule has 0 atom stereocenters. The molecule has 0 aliphatic rings. The topological polar surface area (TPSA) is 13.1 Å². The monoisotopic (exact) mass is 594 g/mol. The van der Waals surface area contributed by atoms with E-state index in [2.05, 4.69) is 158 Å². The SMILES string of the molecule is c1ccc2cc3c(cc2c1)oc1c(-c2ccc4ccc5cccc6ccc2c4c56)cc(-c2cc4ccccc4c4ccccc24)cc13. The first-order valence-electron chi connectivity index (χ1n) is 16.3. The highest BCUT2D eigenvalue weighted by Crippen LogP contribution is 2.46. The maximum atomic E-state index is 6.89. The van der Waals surface area contributed by atoms with Crippen LogP contribution in [0.5, 0.6) is 0 Å². The maximum absolute atomic E-state index is 6.89. The van der Waals surface area contributed by atoms with Crippen LogP contribution in [0.25, 0.3) is 109 Å². The van der Waals surface area contributed by atoms with Gasteiger partial charge in [-0.15, -0.1) is 0 Å². The largest absolute Gasteiger partial charge is 0.455 e. The number of furan rings is 1. The molecule has 0 N–H and O–H groups in total. The second-order valence-electron chi connectivity index (χ2n) is 12.9. The van der Waals surface area contributed by atoms with Gasteiger partial charge in [-0.05, 0) is 112 Å². The van der Waals surface area contributed by atoms with E-state index in [0.29, 0.717) is 0 Å². The molecule has 0 spiro atoms. The molecule has 0 amide bonds. The number of fused-ring (bicyclic) bond motifs is 7. The lowest BCUT2D eigenvalue weighted by molar-refractivity contribution is 0.670. The average Bonchev–Trinajstić information content (AvgIpc) is 3.49. The lowest BCUT2D eigenvalue weighted by Gasteiger charge is -2.16. The van der Waals surface area contributed by atoms with Crippen molar-refractivity contribution in [3.8, 4) is 22.3 Å². The molecule has 0 unspecified atom stereocenters. The van der Waals surface area contributed by atoms with Crippen molar-refractivity contribution in [2.75, 3.05) is 0 Å². The zero-order valence-corrected chi connectivity index (χ0v) is 25.4. The van der Waals surface area contributed by atoms with Gasteiger partial charge in [0.25, 0.3) is 0 Å². The van der Waals surface area contributed by atoms with Crippen molar-refractivity contribution in [1.82, 2.24) is 0 Å². The van der Waals surface area contributed by atoms with Gasteiger partial charge in [-0.1, -0.05) is 127 Å². The summed E-state index contributed by atoms with van der Waals surface area (Å²) in [6.07, 6.45) is 0. The fourth-order valence-corrected chi connectivity index (χ4v) is 8.18. The van der Waals surface area contributed by atoms with Crippen molar-refractivity contribution in [1.29, 1.82) is 0 Å². The van der Waals surface area contributed by atoms with Crippen LogP contribution in [0, 0.1) is 0 Å². The number of hydrogen-bond acceptors (Lipinski definition) is 1. The summed E-state index contributed by atoms with van der Waals surface area (Å²) in [6, 6.07) is 57.9. The van der Waals surface area contributed by atoms with Crippen LogP contribution in [0.3, 0.4) is 0 Å². The van der Waals surface area contributed by atoms with Crippen molar-refractivity contribution >= 4 is 86.6 Å². The molecule has 0 radical (unpaired) electrons. The van der Waals surface area contributed by atoms with E-state index in [0.717, 1.165) is 27.5 Å². The van der Waals surface area contributed by atoms with E-state index >= 15 is 0 Å². The number of hydrogen-bond donors (Lipinski definition) is 0. The van der Waals surface area contributed by atoms with Gasteiger partial charge in [-0.25, -0.2) is 0 Å². The van der Waals surface area contributed by atoms with E-state index in [4.69, 9.17) is 4.42 Å². The third kappa shape index (κ3) is 3.49. The molecular formula is C46H26O. The lowest BCUT2D eigenvalue weighted by Crippen LogP contribution is -1.90. The van der Waals surface area contributed by atoms with Gasteiger partial charge in [0.1, 0.15) is 11.2 Å². The van der Waals surface area contributed by atoms with Crippen LogP contribution in [0.15, 0.2) is 162 Å². The quantitative estimate of drug-likeness (QED) is 0.182. The van der Waals surface area contributed by atoms with Crippen molar-refractivity contribution in [2.45, 2.75) is 0 Å². The molecule has 216 valence electrons. The van der Waals surface area contributed by atoms with Gasteiger partial charge in [0.2, 0.25) is 0 Å². The summed E-state index contributed by atoms with van der Waals surface area (Å²) in [5.41, 5.74) is 6.58. The van der Waals surface area contributed by atoms with E-state index in [-0.39, 0.29) is 0 Å². The minimum absolute atomic E-state index is 0.915. The van der Waals surface area contributed by atoms with Gasteiger partial charge in [-0.3, -0.25) is 0 Å². The summed E-state index contributed by atoms with van der Waals surface area (Å²) in [5.74, 6) is 0. The minimum atomic E-state index is 0.915. The zero-order chi connectivity index (χ0) is 30.6. The Kier molecular flexibility index (Phi) is 4.90.